The van der Waals surface area contributed by atoms with E-state index in [1.165, 1.54) is 11.8 Å². The van der Waals surface area contributed by atoms with Gasteiger partial charge >= 0.3 is 0 Å². The minimum absolute atomic E-state index is 0.0247. The van der Waals surface area contributed by atoms with E-state index in [4.69, 9.17) is 16.3 Å². The van der Waals surface area contributed by atoms with Gasteiger partial charge in [0.05, 0.1) is 36.5 Å². The first-order valence-corrected chi connectivity index (χ1v) is 12.4. The van der Waals surface area contributed by atoms with E-state index in [9.17, 15) is 13.2 Å². The van der Waals surface area contributed by atoms with E-state index < -0.39 is 9.84 Å². The number of ether oxygens (including phenoxy) is 1. The number of rotatable bonds is 5. The van der Waals surface area contributed by atoms with E-state index in [-0.39, 0.29) is 35.2 Å². The van der Waals surface area contributed by atoms with Gasteiger partial charge in [0.1, 0.15) is 5.75 Å². The van der Waals surface area contributed by atoms with Gasteiger partial charge in [-0.25, -0.2) is 8.42 Å². The van der Waals surface area contributed by atoms with Crippen LogP contribution in [0.1, 0.15) is 0 Å². The van der Waals surface area contributed by atoms with Gasteiger partial charge in [-0.1, -0.05) is 35.5 Å². The lowest BCUT2D eigenvalue weighted by molar-refractivity contribution is -0.113. The van der Waals surface area contributed by atoms with Gasteiger partial charge in [-0.2, -0.15) is 0 Å². The predicted octanol–water partition coefficient (Wildman–Crippen LogP) is 3.06. The monoisotopic (exact) mass is 465 g/mol. The van der Waals surface area contributed by atoms with Crippen LogP contribution in [0.2, 0.25) is 5.02 Å². The molecule has 30 heavy (non-hydrogen) atoms. The Morgan fingerprint density at radius 3 is 2.83 bits per heavy atom. The van der Waals surface area contributed by atoms with E-state index in [0.29, 0.717) is 21.6 Å². The number of nitrogens with one attached hydrogen (secondary N) is 1. The van der Waals surface area contributed by atoms with Crippen LogP contribution in [0.3, 0.4) is 0 Å². The molecule has 1 fully saturated rings. The zero-order chi connectivity index (χ0) is 21.3. The first kappa shape index (κ1) is 21.0. The number of carbonyl (C=O) groups excluding carboxylic acids is 1. The maximum Gasteiger partial charge on any atom is 0.234 e. The maximum absolute atomic E-state index is 12.4. The number of benzene rings is 2. The molecule has 2 heterocycles. The Labute approximate surface area is 184 Å². The summed E-state index contributed by atoms with van der Waals surface area (Å²) in [4.78, 5) is 19.0. The molecule has 158 valence electrons. The number of thioether (sulfide) groups is 1. The molecule has 0 spiro atoms. The number of carbonyl (C=O) groups is 1. The summed E-state index contributed by atoms with van der Waals surface area (Å²) in [6.45, 7) is 0. The van der Waals surface area contributed by atoms with E-state index >= 15 is 0 Å². The minimum Gasteiger partial charge on any atom is -0.497 e. The van der Waals surface area contributed by atoms with E-state index in [1.54, 1.807) is 31.4 Å². The average Bonchev–Trinajstić information content (AvgIpc) is 3.17. The number of methoxy groups -OCH3 is 1. The molecule has 0 radical (unpaired) electrons. The third-order valence-corrected chi connectivity index (χ3v) is 7.78. The van der Waals surface area contributed by atoms with Crippen molar-refractivity contribution in [2.75, 3.05) is 34.6 Å². The number of anilines is 2. The van der Waals surface area contributed by atoms with Crippen molar-refractivity contribution in [3.8, 4) is 5.75 Å². The molecule has 7 nitrogen and oxygen atoms in total. The number of aliphatic imine (C=N–C) groups is 1. The Morgan fingerprint density at radius 2 is 2.07 bits per heavy atom. The second kappa shape index (κ2) is 8.49. The number of halogens is 1. The molecule has 1 N–H and O–H groups in total. The molecular weight excluding hydrogens is 446 g/mol. The van der Waals surface area contributed by atoms with Crippen molar-refractivity contribution in [3.63, 3.8) is 0 Å². The van der Waals surface area contributed by atoms with E-state index in [0.717, 1.165) is 5.69 Å². The highest BCUT2D eigenvalue weighted by atomic mass is 35.5. The molecule has 2 atom stereocenters. The van der Waals surface area contributed by atoms with Gasteiger partial charge in [0, 0.05) is 22.5 Å². The highest BCUT2D eigenvalue weighted by Crippen LogP contribution is 2.36. The number of hydrogen-bond donors (Lipinski definition) is 1. The Morgan fingerprint density at radius 1 is 1.27 bits per heavy atom. The third kappa shape index (κ3) is 4.58. The van der Waals surface area contributed by atoms with Crippen molar-refractivity contribution in [3.05, 3.63) is 53.6 Å². The lowest BCUT2D eigenvalue weighted by Crippen LogP contribution is -2.39. The van der Waals surface area contributed by atoms with Crippen LogP contribution in [0.25, 0.3) is 0 Å². The van der Waals surface area contributed by atoms with Crippen molar-refractivity contribution < 1.29 is 17.9 Å². The van der Waals surface area contributed by atoms with Crippen LogP contribution in [0.4, 0.5) is 11.4 Å². The summed E-state index contributed by atoms with van der Waals surface area (Å²) in [5, 5.41) is 3.98. The molecule has 10 heteroatoms. The molecule has 4 rings (SSSR count). The fourth-order valence-corrected chi connectivity index (χ4v) is 6.55. The summed E-state index contributed by atoms with van der Waals surface area (Å²) in [6, 6.07) is 13.7. The van der Waals surface area contributed by atoms with Gasteiger partial charge in [-0.05, 0) is 30.3 Å². The first-order valence-electron chi connectivity index (χ1n) is 9.24. The minimum atomic E-state index is -3.14. The molecule has 1 saturated heterocycles. The van der Waals surface area contributed by atoms with Gasteiger partial charge in [0.25, 0.3) is 0 Å². The van der Waals surface area contributed by atoms with Gasteiger partial charge in [-0.15, -0.1) is 0 Å². The fraction of sp³-hybridized carbons (Fsp3) is 0.300. The summed E-state index contributed by atoms with van der Waals surface area (Å²) < 4.78 is 29.6. The van der Waals surface area contributed by atoms with Gasteiger partial charge in [0.15, 0.2) is 15.0 Å². The zero-order valence-electron chi connectivity index (χ0n) is 16.1. The number of amidine groups is 1. The lowest BCUT2D eigenvalue weighted by Gasteiger charge is -2.26. The summed E-state index contributed by atoms with van der Waals surface area (Å²) in [7, 11) is -1.56. The van der Waals surface area contributed by atoms with Crippen LogP contribution in [0.15, 0.2) is 53.5 Å². The summed E-state index contributed by atoms with van der Waals surface area (Å²) in [6.07, 6.45) is 0. The number of amides is 1. The Balaban J connectivity index is 1.52. The van der Waals surface area contributed by atoms with Crippen LogP contribution >= 0.6 is 23.4 Å². The maximum atomic E-state index is 12.4. The van der Waals surface area contributed by atoms with Crippen molar-refractivity contribution in [1.29, 1.82) is 0 Å². The van der Waals surface area contributed by atoms with Gasteiger partial charge < -0.3 is 15.0 Å². The standard InChI is InChI=1S/C20H20ClN3O4S2/c1-28-16-7-3-6-15(9-16)24-18-12-30(26,27)11-17(18)23-20(24)29-10-19(25)22-14-5-2-4-13(21)8-14/h2-9,17-18H,10-12H2,1H3,(H,22,25)/t17-,18-/m0/s1. The first-order chi connectivity index (χ1) is 14.3. The fourth-order valence-electron chi connectivity index (χ4n) is 3.59. The topological polar surface area (TPSA) is 88.1 Å². The largest absolute Gasteiger partial charge is 0.497 e. The Bertz CT molecular complexity index is 1110. The SMILES string of the molecule is COc1cccc(N2C(SCC(=O)Nc3cccc(Cl)c3)=N[C@H]3CS(=O)(=O)C[C@@H]32)c1. The lowest BCUT2D eigenvalue weighted by atomic mass is 10.1. The molecule has 0 aliphatic carbocycles. The molecule has 0 unspecified atom stereocenters. The Kier molecular flexibility index (Phi) is 5.95. The molecule has 1 amide bonds. The molecule has 2 aromatic carbocycles. The van der Waals surface area contributed by atoms with Crippen molar-refractivity contribution in [1.82, 2.24) is 0 Å². The van der Waals surface area contributed by atoms with E-state index in [2.05, 4.69) is 10.3 Å². The number of nitrogens with zero attached hydrogens (tertiary/aromatic N) is 2. The van der Waals surface area contributed by atoms with Gasteiger partial charge in [0.2, 0.25) is 5.91 Å². The van der Waals surface area contributed by atoms with Crippen LogP contribution in [0, 0.1) is 0 Å². The predicted molar refractivity (Wildman–Crippen MR) is 122 cm³/mol. The average molecular weight is 466 g/mol. The van der Waals surface area contributed by atoms with Crippen LogP contribution in [-0.2, 0) is 14.6 Å². The van der Waals surface area contributed by atoms with Crippen molar-refractivity contribution in [2.45, 2.75) is 12.1 Å². The summed E-state index contributed by atoms with van der Waals surface area (Å²) >= 11 is 7.24. The third-order valence-electron chi connectivity index (χ3n) is 4.88. The van der Waals surface area contributed by atoms with Crippen LogP contribution in [0.5, 0.6) is 5.75 Å². The molecule has 0 bridgehead atoms. The second-order valence-corrected chi connectivity index (χ2v) is 10.6. The molecule has 2 aliphatic heterocycles. The number of fused-ring (bicyclic) bond motifs is 1. The molecule has 0 saturated carbocycles. The molecule has 2 aliphatic rings. The highest BCUT2D eigenvalue weighted by Gasteiger charge is 2.47. The molecule has 0 aromatic heterocycles. The van der Waals surface area contributed by atoms with Gasteiger partial charge in [-0.3, -0.25) is 9.79 Å². The highest BCUT2D eigenvalue weighted by molar-refractivity contribution is 8.14. The second-order valence-electron chi connectivity index (χ2n) is 7.04. The smallest absolute Gasteiger partial charge is 0.234 e. The quantitative estimate of drug-likeness (QED) is 0.730. The number of sulfone groups is 1. The number of hydrogen-bond acceptors (Lipinski definition) is 7. The Hall–Kier alpha value is -2.23. The van der Waals surface area contributed by atoms with E-state index in [1.807, 2.05) is 29.2 Å². The van der Waals surface area contributed by atoms with Crippen molar-refractivity contribution in [2.24, 2.45) is 4.99 Å². The molecule has 2 aromatic rings. The summed E-state index contributed by atoms with van der Waals surface area (Å²) in [5.74, 6) is 0.673. The summed E-state index contributed by atoms with van der Waals surface area (Å²) in [5.41, 5.74) is 1.41. The zero-order valence-corrected chi connectivity index (χ0v) is 18.5. The van der Waals surface area contributed by atoms with Crippen LogP contribution < -0.4 is 15.0 Å². The van der Waals surface area contributed by atoms with Crippen LogP contribution in [-0.4, -0.2) is 55.9 Å². The molecular formula is C20H20ClN3O4S2. The van der Waals surface area contributed by atoms with Crippen molar-refractivity contribution >= 4 is 55.6 Å². The normalized spacial score (nSPS) is 21.8.